The Kier molecular flexibility index (Phi) is 6.84. The van der Waals surface area contributed by atoms with E-state index >= 15 is 0 Å². The fourth-order valence-electron chi connectivity index (χ4n) is 3.83. The first-order valence-electron chi connectivity index (χ1n) is 10.7. The van der Waals surface area contributed by atoms with Gasteiger partial charge in [-0.3, -0.25) is 9.69 Å². The molecule has 1 aliphatic heterocycles. The van der Waals surface area contributed by atoms with Gasteiger partial charge in [-0.2, -0.15) is 0 Å². The molecule has 1 aliphatic rings. The summed E-state index contributed by atoms with van der Waals surface area (Å²) >= 11 is 0. The second-order valence-corrected chi connectivity index (χ2v) is 8.04. The lowest BCUT2D eigenvalue weighted by Crippen LogP contribution is -2.43. The van der Waals surface area contributed by atoms with Crippen molar-refractivity contribution in [1.29, 1.82) is 0 Å². The lowest BCUT2D eigenvalue weighted by Gasteiger charge is -2.34. The zero-order valence-electron chi connectivity index (χ0n) is 18.7. The molecule has 2 aromatic carbocycles. The maximum Gasteiger partial charge on any atom is 0.187 e. The Bertz CT molecular complexity index is 1170. The van der Waals surface area contributed by atoms with E-state index in [9.17, 15) is 13.6 Å². The number of aryl methyl sites for hydroxylation is 1. The van der Waals surface area contributed by atoms with Crippen LogP contribution in [0.2, 0.25) is 0 Å². The molecule has 0 aliphatic carbocycles. The Hall–Kier alpha value is -3.52. The lowest BCUT2D eigenvalue weighted by molar-refractivity contribution is 0.104. The summed E-state index contributed by atoms with van der Waals surface area (Å²) in [6.07, 6.45) is 6.96. The highest BCUT2D eigenvalue weighted by molar-refractivity contribution is 6.04. The van der Waals surface area contributed by atoms with Crippen LogP contribution >= 0.6 is 0 Å². The SMILES string of the molecule is COc1cc(C(=O)/C=C/N2CCN(Cc3ccc(F)cc3F)CC2)ccc1-n1cnc(C)c1. The van der Waals surface area contributed by atoms with E-state index < -0.39 is 11.6 Å². The van der Waals surface area contributed by atoms with Gasteiger partial charge in [-0.25, -0.2) is 13.8 Å². The Labute approximate surface area is 191 Å². The van der Waals surface area contributed by atoms with E-state index in [1.54, 1.807) is 37.8 Å². The predicted octanol–water partition coefficient (Wildman–Crippen LogP) is 3.98. The Morgan fingerprint density at radius 1 is 1.12 bits per heavy atom. The van der Waals surface area contributed by atoms with Gasteiger partial charge in [0.25, 0.3) is 0 Å². The van der Waals surface area contributed by atoms with Gasteiger partial charge in [-0.05, 0) is 31.2 Å². The Balaban J connectivity index is 1.34. The molecule has 4 rings (SSSR count). The molecule has 0 atom stereocenters. The first-order chi connectivity index (χ1) is 15.9. The van der Waals surface area contributed by atoms with Gasteiger partial charge in [0.2, 0.25) is 0 Å². The molecule has 8 heteroatoms. The predicted molar refractivity (Wildman–Crippen MR) is 122 cm³/mol. The Morgan fingerprint density at radius 2 is 1.91 bits per heavy atom. The number of carbonyl (C=O) groups excluding carboxylic acids is 1. The van der Waals surface area contributed by atoms with Crippen molar-refractivity contribution < 1.29 is 18.3 Å². The molecule has 0 amide bonds. The number of carbonyl (C=O) groups is 1. The maximum atomic E-state index is 13.9. The number of ketones is 1. The molecular weight excluding hydrogens is 426 g/mol. The van der Waals surface area contributed by atoms with Crippen molar-refractivity contribution in [2.24, 2.45) is 0 Å². The topological polar surface area (TPSA) is 50.6 Å². The van der Waals surface area contributed by atoms with Crippen LogP contribution in [0.15, 0.2) is 61.2 Å². The molecule has 0 spiro atoms. The molecule has 172 valence electrons. The van der Waals surface area contributed by atoms with Crippen molar-refractivity contribution >= 4 is 5.78 Å². The summed E-state index contributed by atoms with van der Waals surface area (Å²) in [5, 5.41) is 0. The molecule has 0 unspecified atom stereocenters. The monoisotopic (exact) mass is 452 g/mol. The molecule has 0 radical (unpaired) electrons. The van der Waals surface area contributed by atoms with Crippen molar-refractivity contribution in [3.8, 4) is 11.4 Å². The Morgan fingerprint density at radius 3 is 2.58 bits per heavy atom. The molecule has 1 aromatic heterocycles. The number of methoxy groups -OCH3 is 1. The first-order valence-corrected chi connectivity index (χ1v) is 10.7. The summed E-state index contributed by atoms with van der Waals surface area (Å²) in [4.78, 5) is 21.1. The summed E-state index contributed by atoms with van der Waals surface area (Å²) in [6.45, 7) is 5.23. The van der Waals surface area contributed by atoms with Crippen LogP contribution < -0.4 is 4.74 Å². The fraction of sp³-hybridized carbons (Fsp3) is 0.280. The summed E-state index contributed by atoms with van der Waals surface area (Å²) in [5.74, 6) is -0.613. The third kappa shape index (κ3) is 5.46. The normalized spacial score (nSPS) is 14.7. The van der Waals surface area contributed by atoms with E-state index in [2.05, 4.69) is 14.8 Å². The van der Waals surface area contributed by atoms with Crippen LogP contribution in [0.25, 0.3) is 5.69 Å². The van der Waals surface area contributed by atoms with Gasteiger partial charge >= 0.3 is 0 Å². The van der Waals surface area contributed by atoms with Crippen LogP contribution in [0, 0.1) is 18.6 Å². The van der Waals surface area contributed by atoms with Gasteiger partial charge in [0.15, 0.2) is 5.78 Å². The molecule has 6 nitrogen and oxygen atoms in total. The number of benzene rings is 2. The average Bonchev–Trinajstić information content (AvgIpc) is 3.25. The van der Waals surface area contributed by atoms with Crippen molar-refractivity contribution in [1.82, 2.24) is 19.4 Å². The molecule has 2 heterocycles. The molecule has 0 N–H and O–H groups in total. The molecule has 1 fully saturated rings. The minimum Gasteiger partial charge on any atom is -0.495 e. The van der Waals surface area contributed by atoms with E-state index in [1.165, 1.54) is 12.1 Å². The number of imidazole rings is 1. The second-order valence-electron chi connectivity index (χ2n) is 8.04. The number of nitrogens with zero attached hydrogens (tertiary/aromatic N) is 4. The molecule has 33 heavy (non-hydrogen) atoms. The van der Waals surface area contributed by atoms with Gasteiger partial charge in [0.1, 0.15) is 17.4 Å². The number of aromatic nitrogens is 2. The van der Waals surface area contributed by atoms with E-state index in [0.29, 0.717) is 23.4 Å². The number of halogens is 2. The van der Waals surface area contributed by atoms with Gasteiger partial charge in [-0.15, -0.1) is 0 Å². The zero-order valence-corrected chi connectivity index (χ0v) is 18.7. The van der Waals surface area contributed by atoms with Crippen LogP contribution in [0.3, 0.4) is 0 Å². The fourth-order valence-corrected chi connectivity index (χ4v) is 3.83. The van der Waals surface area contributed by atoms with E-state index in [4.69, 9.17) is 4.74 Å². The van der Waals surface area contributed by atoms with Crippen LogP contribution in [0.1, 0.15) is 21.6 Å². The van der Waals surface area contributed by atoms with Gasteiger partial charge in [0, 0.05) is 68.4 Å². The van der Waals surface area contributed by atoms with Crippen LogP contribution in [0.5, 0.6) is 5.75 Å². The third-order valence-corrected chi connectivity index (χ3v) is 5.71. The highest BCUT2D eigenvalue weighted by Crippen LogP contribution is 2.25. The number of rotatable bonds is 7. The lowest BCUT2D eigenvalue weighted by atomic mass is 10.1. The standard InChI is InChI=1S/C25H26F2N4O2/c1-18-15-31(17-28-18)23-6-4-19(13-25(23)33-2)24(32)7-8-29-9-11-30(12-10-29)16-20-3-5-21(26)14-22(20)27/h3-8,13-15,17H,9-12,16H2,1-2H3/b8-7+. The minimum absolute atomic E-state index is 0.113. The van der Waals surface area contributed by atoms with Crippen molar-refractivity contribution in [2.45, 2.75) is 13.5 Å². The van der Waals surface area contributed by atoms with Gasteiger partial charge < -0.3 is 14.2 Å². The summed E-state index contributed by atoms with van der Waals surface area (Å²) < 4.78 is 34.3. The highest BCUT2D eigenvalue weighted by Gasteiger charge is 2.17. The third-order valence-electron chi connectivity index (χ3n) is 5.71. The molecule has 3 aromatic rings. The van der Waals surface area contributed by atoms with E-state index in [-0.39, 0.29) is 5.78 Å². The number of allylic oxidation sites excluding steroid dienone is 1. The molecule has 1 saturated heterocycles. The number of hydrogen-bond donors (Lipinski definition) is 0. The first kappa shape index (κ1) is 22.7. The van der Waals surface area contributed by atoms with Crippen molar-refractivity contribution in [3.63, 3.8) is 0 Å². The second kappa shape index (κ2) is 9.95. The average molecular weight is 453 g/mol. The van der Waals surface area contributed by atoms with Crippen LogP contribution in [-0.2, 0) is 6.54 Å². The molecule has 0 bridgehead atoms. The van der Waals surface area contributed by atoms with E-state index in [1.807, 2.05) is 23.8 Å². The number of piperazine rings is 1. The maximum absolute atomic E-state index is 13.9. The van der Waals surface area contributed by atoms with Crippen molar-refractivity contribution in [2.75, 3.05) is 33.3 Å². The number of hydrogen-bond acceptors (Lipinski definition) is 5. The van der Waals surface area contributed by atoms with Gasteiger partial charge in [-0.1, -0.05) is 6.07 Å². The summed E-state index contributed by atoms with van der Waals surface area (Å²) in [7, 11) is 1.57. The quantitative estimate of drug-likeness (QED) is 0.401. The van der Waals surface area contributed by atoms with Gasteiger partial charge in [0.05, 0.1) is 24.8 Å². The smallest absolute Gasteiger partial charge is 0.187 e. The zero-order chi connectivity index (χ0) is 23.4. The number of ether oxygens (including phenoxy) is 1. The minimum atomic E-state index is -0.569. The molecule has 0 saturated carbocycles. The van der Waals surface area contributed by atoms with Crippen LogP contribution in [0.4, 0.5) is 8.78 Å². The molecular formula is C25H26F2N4O2. The largest absolute Gasteiger partial charge is 0.495 e. The van der Waals surface area contributed by atoms with Crippen molar-refractivity contribution in [3.05, 3.63) is 89.7 Å². The van der Waals surface area contributed by atoms with E-state index in [0.717, 1.165) is 43.6 Å². The summed E-state index contributed by atoms with van der Waals surface area (Å²) in [6, 6.07) is 9.03. The summed E-state index contributed by atoms with van der Waals surface area (Å²) in [5.41, 5.74) is 2.73. The van der Waals surface area contributed by atoms with Crippen LogP contribution in [-0.4, -0.2) is 58.4 Å². The highest BCUT2D eigenvalue weighted by atomic mass is 19.1.